The Morgan fingerprint density at radius 2 is 1.39 bits per heavy atom. The van der Waals surface area contributed by atoms with E-state index in [4.69, 9.17) is 9.84 Å². The van der Waals surface area contributed by atoms with Crippen molar-refractivity contribution >= 4 is 12.0 Å². The fourth-order valence-corrected chi connectivity index (χ4v) is 3.49. The number of aliphatic carboxylic acids is 1. The molecule has 0 aliphatic carbocycles. The van der Waals surface area contributed by atoms with E-state index in [0.717, 1.165) is 45.2 Å². The molecule has 4 aromatic rings. The smallest absolute Gasteiger partial charge is 0.328 e. The Kier molecular flexibility index (Phi) is 6.24. The minimum Gasteiger partial charge on any atom is -0.488 e. The van der Waals surface area contributed by atoms with Crippen LogP contribution in [0, 0.1) is 0 Å². The summed E-state index contributed by atoms with van der Waals surface area (Å²) in [5.41, 5.74) is 6.02. The van der Waals surface area contributed by atoms with Crippen molar-refractivity contribution in [2.24, 2.45) is 0 Å². The maximum absolute atomic E-state index is 11.0. The van der Waals surface area contributed by atoms with Crippen LogP contribution < -0.4 is 4.74 Å². The molecule has 4 aromatic carbocycles. The first kappa shape index (κ1) is 20.2. The molecule has 0 atom stereocenters. The number of benzene rings is 4. The van der Waals surface area contributed by atoms with Crippen molar-refractivity contribution in [2.75, 3.05) is 0 Å². The Balaban J connectivity index is 1.67. The van der Waals surface area contributed by atoms with Gasteiger partial charge in [0.2, 0.25) is 0 Å². The molecule has 0 aliphatic rings. The third-order valence-electron chi connectivity index (χ3n) is 4.98. The molecular weight excluding hydrogens is 384 g/mol. The van der Waals surface area contributed by atoms with Gasteiger partial charge >= 0.3 is 5.97 Å². The molecule has 0 aliphatic heterocycles. The molecule has 0 unspecified atom stereocenters. The van der Waals surface area contributed by atoms with E-state index in [9.17, 15) is 4.79 Å². The van der Waals surface area contributed by atoms with Gasteiger partial charge in [0.1, 0.15) is 12.4 Å². The van der Waals surface area contributed by atoms with Crippen LogP contribution in [0.4, 0.5) is 0 Å². The highest BCUT2D eigenvalue weighted by Crippen LogP contribution is 2.34. The molecule has 3 heteroatoms. The maximum atomic E-state index is 11.0. The van der Waals surface area contributed by atoms with Crippen LogP contribution in [0.1, 0.15) is 11.1 Å². The lowest BCUT2D eigenvalue weighted by Gasteiger charge is -2.13. The van der Waals surface area contributed by atoms with Crippen molar-refractivity contribution in [3.63, 3.8) is 0 Å². The standard InChI is InChI=1S/C28H22O3/c29-28(30)18-17-22-11-4-5-14-25(22)23-12-8-13-24(19-23)26-15-6-7-16-27(26)31-20-21-9-2-1-3-10-21/h1-19H,20H2,(H,29,30)/b18-17+. The summed E-state index contributed by atoms with van der Waals surface area (Å²) in [7, 11) is 0. The number of rotatable bonds is 7. The highest BCUT2D eigenvalue weighted by atomic mass is 16.5. The summed E-state index contributed by atoms with van der Waals surface area (Å²) in [6.07, 6.45) is 2.79. The minimum atomic E-state index is -0.965. The van der Waals surface area contributed by atoms with Crippen LogP contribution in [0.5, 0.6) is 5.75 Å². The van der Waals surface area contributed by atoms with Crippen LogP contribution in [0.15, 0.2) is 109 Å². The second-order valence-corrected chi connectivity index (χ2v) is 7.11. The van der Waals surface area contributed by atoms with E-state index < -0.39 is 5.97 Å². The zero-order valence-electron chi connectivity index (χ0n) is 16.9. The van der Waals surface area contributed by atoms with E-state index >= 15 is 0 Å². The lowest BCUT2D eigenvalue weighted by molar-refractivity contribution is -0.131. The Morgan fingerprint density at radius 3 is 2.16 bits per heavy atom. The Morgan fingerprint density at radius 1 is 0.742 bits per heavy atom. The second kappa shape index (κ2) is 9.59. The summed E-state index contributed by atoms with van der Waals surface area (Å²) in [5.74, 6) is -0.143. The van der Waals surface area contributed by atoms with E-state index in [1.807, 2.05) is 84.9 Å². The predicted molar refractivity (Wildman–Crippen MR) is 125 cm³/mol. The van der Waals surface area contributed by atoms with Crippen molar-refractivity contribution in [1.29, 1.82) is 0 Å². The summed E-state index contributed by atoms with van der Waals surface area (Å²) < 4.78 is 6.14. The minimum absolute atomic E-state index is 0.500. The number of carboxylic acid groups (broad SMARTS) is 1. The zero-order chi connectivity index (χ0) is 21.5. The van der Waals surface area contributed by atoms with Crippen molar-refractivity contribution in [2.45, 2.75) is 6.61 Å². The summed E-state index contributed by atoms with van der Waals surface area (Å²) in [6.45, 7) is 0.500. The number of carboxylic acids is 1. The van der Waals surface area contributed by atoms with E-state index in [1.165, 1.54) is 0 Å². The van der Waals surface area contributed by atoms with Crippen LogP contribution in [0.2, 0.25) is 0 Å². The average molecular weight is 406 g/mol. The molecule has 0 bridgehead atoms. The Bertz CT molecular complexity index is 1210. The van der Waals surface area contributed by atoms with Crippen LogP contribution in [-0.4, -0.2) is 11.1 Å². The average Bonchev–Trinajstić information content (AvgIpc) is 2.82. The first-order valence-corrected chi connectivity index (χ1v) is 10.1. The van der Waals surface area contributed by atoms with E-state index in [2.05, 4.69) is 18.2 Å². The fraction of sp³-hybridized carbons (Fsp3) is 0.0357. The number of carbonyl (C=O) groups is 1. The molecule has 31 heavy (non-hydrogen) atoms. The zero-order valence-corrected chi connectivity index (χ0v) is 16.9. The Labute approximate surface area is 181 Å². The number of hydrogen-bond donors (Lipinski definition) is 1. The van der Waals surface area contributed by atoms with Gasteiger partial charge < -0.3 is 9.84 Å². The third-order valence-corrected chi connectivity index (χ3v) is 4.98. The molecule has 0 amide bonds. The SMILES string of the molecule is O=C(O)/C=C/c1ccccc1-c1cccc(-c2ccccc2OCc2ccccc2)c1. The van der Waals surface area contributed by atoms with Gasteiger partial charge in [-0.1, -0.05) is 91.0 Å². The van der Waals surface area contributed by atoms with Crippen LogP contribution >= 0.6 is 0 Å². The second-order valence-electron chi connectivity index (χ2n) is 7.11. The quantitative estimate of drug-likeness (QED) is 0.348. The van der Waals surface area contributed by atoms with Gasteiger partial charge in [-0.2, -0.15) is 0 Å². The summed E-state index contributed by atoms with van der Waals surface area (Å²) in [5, 5.41) is 8.99. The molecule has 0 saturated carbocycles. The molecule has 0 saturated heterocycles. The van der Waals surface area contributed by atoms with E-state index in [1.54, 1.807) is 6.08 Å². The number of ether oxygens (including phenoxy) is 1. The van der Waals surface area contributed by atoms with E-state index in [0.29, 0.717) is 6.61 Å². The van der Waals surface area contributed by atoms with Crippen molar-refractivity contribution in [3.05, 3.63) is 120 Å². The normalized spacial score (nSPS) is 10.8. The van der Waals surface area contributed by atoms with Crippen molar-refractivity contribution < 1.29 is 14.6 Å². The van der Waals surface area contributed by atoms with Gasteiger partial charge in [0.25, 0.3) is 0 Å². The lowest BCUT2D eigenvalue weighted by Crippen LogP contribution is -1.96. The topological polar surface area (TPSA) is 46.5 Å². The van der Waals surface area contributed by atoms with Gasteiger partial charge in [-0.25, -0.2) is 4.79 Å². The third kappa shape index (κ3) is 5.09. The summed E-state index contributed by atoms with van der Waals surface area (Å²) >= 11 is 0. The summed E-state index contributed by atoms with van der Waals surface area (Å²) in [4.78, 5) is 11.0. The first-order valence-electron chi connectivity index (χ1n) is 10.1. The molecular formula is C28H22O3. The monoisotopic (exact) mass is 406 g/mol. The predicted octanol–water partition coefficient (Wildman–Crippen LogP) is 6.70. The number of para-hydroxylation sites is 1. The lowest BCUT2D eigenvalue weighted by atomic mass is 9.95. The van der Waals surface area contributed by atoms with Crippen LogP contribution in [0.25, 0.3) is 28.3 Å². The molecule has 0 fully saturated rings. The molecule has 0 spiro atoms. The first-order chi connectivity index (χ1) is 15.2. The summed E-state index contributed by atoms with van der Waals surface area (Å²) in [6, 6.07) is 34.1. The fourth-order valence-electron chi connectivity index (χ4n) is 3.49. The molecule has 0 radical (unpaired) electrons. The van der Waals surface area contributed by atoms with E-state index in [-0.39, 0.29) is 0 Å². The Hall–Kier alpha value is -4.11. The van der Waals surface area contributed by atoms with Crippen molar-refractivity contribution in [3.8, 4) is 28.0 Å². The van der Waals surface area contributed by atoms with Gasteiger partial charge in [-0.15, -0.1) is 0 Å². The van der Waals surface area contributed by atoms with Gasteiger partial charge in [0, 0.05) is 11.6 Å². The molecule has 4 rings (SSSR count). The highest BCUT2D eigenvalue weighted by molar-refractivity contribution is 5.88. The maximum Gasteiger partial charge on any atom is 0.328 e. The van der Waals surface area contributed by atoms with Crippen LogP contribution in [-0.2, 0) is 11.4 Å². The number of hydrogen-bond acceptors (Lipinski definition) is 2. The molecule has 152 valence electrons. The van der Waals surface area contributed by atoms with Crippen LogP contribution in [0.3, 0.4) is 0 Å². The van der Waals surface area contributed by atoms with Gasteiger partial charge in [0.15, 0.2) is 0 Å². The molecule has 0 aromatic heterocycles. The van der Waals surface area contributed by atoms with Gasteiger partial charge in [-0.05, 0) is 46.0 Å². The highest BCUT2D eigenvalue weighted by Gasteiger charge is 2.09. The molecule has 3 nitrogen and oxygen atoms in total. The molecule has 0 heterocycles. The molecule has 1 N–H and O–H groups in total. The van der Waals surface area contributed by atoms with Crippen molar-refractivity contribution in [1.82, 2.24) is 0 Å². The largest absolute Gasteiger partial charge is 0.488 e. The van der Waals surface area contributed by atoms with Gasteiger partial charge in [0.05, 0.1) is 0 Å². The van der Waals surface area contributed by atoms with Gasteiger partial charge in [-0.3, -0.25) is 0 Å².